The Morgan fingerprint density at radius 2 is 2.08 bits per heavy atom. The van der Waals surface area contributed by atoms with Gasteiger partial charge in [0.2, 0.25) is 0 Å². The van der Waals surface area contributed by atoms with Gasteiger partial charge in [0, 0.05) is 29.2 Å². The maximum Gasteiger partial charge on any atom is 0.292 e. The zero-order chi connectivity index (χ0) is 17.4. The molecule has 0 spiro atoms. The maximum absolute atomic E-state index is 12.4. The molecule has 0 atom stereocenters. The number of non-ortho nitro benzene ring substituents is 1. The van der Waals surface area contributed by atoms with Crippen LogP contribution in [0, 0.1) is 10.1 Å². The van der Waals surface area contributed by atoms with Crippen molar-refractivity contribution in [3.63, 3.8) is 0 Å². The molecule has 9 heteroatoms. The van der Waals surface area contributed by atoms with E-state index in [1.54, 1.807) is 40.7 Å². The molecule has 0 unspecified atom stereocenters. The number of aromatic nitrogens is 2. The number of nitrogens with one attached hydrogen (secondary N) is 1. The fourth-order valence-electron chi connectivity index (χ4n) is 2.62. The minimum Gasteiger partial charge on any atom is -0.459 e. The number of carbonyl (C=O) groups is 1. The van der Waals surface area contributed by atoms with Gasteiger partial charge in [-0.2, -0.15) is 16.9 Å². The molecule has 0 bridgehead atoms. The van der Waals surface area contributed by atoms with Gasteiger partial charge in [-0.25, -0.2) is 4.68 Å². The summed E-state index contributed by atoms with van der Waals surface area (Å²) in [6.07, 6.45) is 1.43. The molecule has 0 radical (unpaired) electrons. The van der Waals surface area contributed by atoms with E-state index in [1.165, 1.54) is 18.4 Å². The van der Waals surface area contributed by atoms with Crippen LogP contribution in [-0.4, -0.2) is 20.6 Å². The van der Waals surface area contributed by atoms with E-state index in [4.69, 9.17) is 4.42 Å². The zero-order valence-corrected chi connectivity index (χ0v) is 13.7. The van der Waals surface area contributed by atoms with Gasteiger partial charge in [-0.1, -0.05) is 0 Å². The summed E-state index contributed by atoms with van der Waals surface area (Å²) in [5, 5.41) is 18.2. The molecule has 0 saturated heterocycles. The monoisotopic (exact) mass is 356 g/mol. The number of hydrogen-bond acceptors (Lipinski definition) is 6. The molecule has 2 aromatic heterocycles. The average molecular weight is 356 g/mol. The minimum atomic E-state index is -0.455. The fraction of sp³-hybridized carbons (Fsp3) is 0.125. The smallest absolute Gasteiger partial charge is 0.292 e. The van der Waals surface area contributed by atoms with Gasteiger partial charge in [0.25, 0.3) is 11.6 Å². The molecule has 4 rings (SSSR count). The van der Waals surface area contributed by atoms with Crippen molar-refractivity contribution in [2.75, 3.05) is 5.32 Å². The zero-order valence-electron chi connectivity index (χ0n) is 12.8. The third-order valence-electron chi connectivity index (χ3n) is 3.83. The number of fused-ring (bicyclic) bond motifs is 1. The van der Waals surface area contributed by atoms with E-state index in [-0.39, 0.29) is 17.4 Å². The molecule has 8 nitrogen and oxygen atoms in total. The van der Waals surface area contributed by atoms with Gasteiger partial charge in [0.05, 0.1) is 22.6 Å². The van der Waals surface area contributed by atoms with Crippen molar-refractivity contribution in [3.05, 3.63) is 69.8 Å². The van der Waals surface area contributed by atoms with Gasteiger partial charge in [-0.15, -0.1) is 0 Å². The van der Waals surface area contributed by atoms with Crippen LogP contribution in [0.5, 0.6) is 0 Å². The van der Waals surface area contributed by atoms with Crippen LogP contribution < -0.4 is 5.32 Å². The summed E-state index contributed by atoms with van der Waals surface area (Å²) >= 11 is 1.72. The molecule has 1 aromatic carbocycles. The Kier molecular flexibility index (Phi) is 3.77. The molecule has 0 aliphatic carbocycles. The number of anilines is 1. The van der Waals surface area contributed by atoms with Gasteiger partial charge in [-0.05, 0) is 24.3 Å². The van der Waals surface area contributed by atoms with Crippen LogP contribution in [0.15, 0.2) is 47.1 Å². The number of benzene rings is 1. The summed E-state index contributed by atoms with van der Waals surface area (Å²) in [6, 6.07) is 9.26. The third kappa shape index (κ3) is 2.78. The Morgan fingerprint density at radius 1 is 1.28 bits per heavy atom. The largest absolute Gasteiger partial charge is 0.459 e. The van der Waals surface area contributed by atoms with Gasteiger partial charge < -0.3 is 9.73 Å². The predicted molar refractivity (Wildman–Crippen MR) is 91.9 cm³/mol. The predicted octanol–water partition coefficient (Wildman–Crippen LogP) is 3.37. The van der Waals surface area contributed by atoms with Crippen LogP contribution in [0.25, 0.3) is 5.69 Å². The van der Waals surface area contributed by atoms with Crippen molar-refractivity contribution >= 4 is 29.2 Å². The highest BCUT2D eigenvalue weighted by Gasteiger charge is 2.25. The van der Waals surface area contributed by atoms with Crippen molar-refractivity contribution in [3.8, 4) is 5.69 Å². The summed E-state index contributed by atoms with van der Waals surface area (Å²) in [6.45, 7) is 0. The van der Waals surface area contributed by atoms with Crippen LogP contribution in [0.4, 0.5) is 11.5 Å². The molecule has 0 saturated carbocycles. The van der Waals surface area contributed by atoms with E-state index in [0.717, 1.165) is 22.8 Å². The van der Waals surface area contributed by atoms with Crippen LogP contribution in [0.1, 0.15) is 21.8 Å². The van der Waals surface area contributed by atoms with E-state index in [0.29, 0.717) is 11.5 Å². The lowest BCUT2D eigenvalue weighted by Crippen LogP contribution is -2.15. The van der Waals surface area contributed by atoms with Gasteiger partial charge >= 0.3 is 0 Å². The van der Waals surface area contributed by atoms with Crippen LogP contribution in [0.2, 0.25) is 0 Å². The molecule has 1 N–H and O–H groups in total. The van der Waals surface area contributed by atoms with Crippen molar-refractivity contribution < 1.29 is 14.1 Å². The number of nitrogens with zero attached hydrogens (tertiary/aromatic N) is 3. The lowest BCUT2D eigenvalue weighted by Gasteiger charge is -2.10. The third-order valence-corrected chi connectivity index (χ3v) is 4.80. The molecular weight excluding hydrogens is 344 g/mol. The summed E-state index contributed by atoms with van der Waals surface area (Å²) in [7, 11) is 0. The molecule has 1 amide bonds. The lowest BCUT2D eigenvalue weighted by atomic mass is 10.2. The highest BCUT2D eigenvalue weighted by atomic mass is 32.2. The van der Waals surface area contributed by atoms with Crippen LogP contribution >= 0.6 is 11.8 Å². The molecule has 25 heavy (non-hydrogen) atoms. The first-order chi connectivity index (χ1) is 12.1. The maximum atomic E-state index is 12.4. The Morgan fingerprint density at radius 3 is 2.76 bits per heavy atom. The number of nitro benzene ring substituents is 1. The summed E-state index contributed by atoms with van der Waals surface area (Å²) in [5.74, 6) is 1.91. The van der Waals surface area contributed by atoms with Gasteiger partial charge in [0.15, 0.2) is 5.76 Å². The lowest BCUT2D eigenvalue weighted by molar-refractivity contribution is -0.384. The standard InChI is InChI=1S/C16H12N4O4S/c21-16(14-2-1-7-24-14)17-15-12-8-25-9-13(12)18-19(15)10-3-5-11(6-4-10)20(22)23/h1-7H,8-9H2,(H,17,21). The van der Waals surface area contributed by atoms with Crippen molar-refractivity contribution in [2.24, 2.45) is 0 Å². The second kappa shape index (κ2) is 6.10. The first kappa shape index (κ1) is 15.5. The molecule has 1 aliphatic rings. The van der Waals surface area contributed by atoms with Gasteiger partial charge in [0.1, 0.15) is 5.82 Å². The topological polar surface area (TPSA) is 103 Å². The van der Waals surface area contributed by atoms with Crippen LogP contribution in [0.3, 0.4) is 0 Å². The van der Waals surface area contributed by atoms with E-state index < -0.39 is 4.92 Å². The van der Waals surface area contributed by atoms with E-state index in [2.05, 4.69) is 10.4 Å². The molecule has 126 valence electrons. The fourth-order valence-corrected chi connectivity index (χ4v) is 3.66. The van der Waals surface area contributed by atoms with Gasteiger partial charge in [-0.3, -0.25) is 14.9 Å². The van der Waals surface area contributed by atoms with Crippen molar-refractivity contribution in [1.29, 1.82) is 0 Å². The highest BCUT2D eigenvalue weighted by Crippen LogP contribution is 2.36. The summed E-state index contributed by atoms with van der Waals surface area (Å²) in [5.41, 5.74) is 2.50. The van der Waals surface area contributed by atoms with E-state index >= 15 is 0 Å². The summed E-state index contributed by atoms with van der Waals surface area (Å²) in [4.78, 5) is 22.7. The first-order valence-corrected chi connectivity index (χ1v) is 8.57. The number of carbonyl (C=O) groups excluding carboxylic acids is 1. The average Bonchev–Trinajstić information content (AvgIpc) is 3.33. The Balaban J connectivity index is 1.73. The van der Waals surface area contributed by atoms with Crippen LogP contribution in [-0.2, 0) is 11.5 Å². The Hall–Kier alpha value is -3.07. The quantitative estimate of drug-likeness (QED) is 0.568. The number of hydrogen-bond donors (Lipinski definition) is 1. The second-order valence-corrected chi connectivity index (χ2v) is 6.37. The first-order valence-electron chi connectivity index (χ1n) is 7.41. The number of amides is 1. The molecule has 1 aliphatic heterocycles. The Labute approximate surface area is 146 Å². The highest BCUT2D eigenvalue weighted by molar-refractivity contribution is 7.98. The van der Waals surface area contributed by atoms with Crippen molar-refractivity contribution in [2.45, 2.75) is 11.5 Å². The molecule has 3 aromatic rings. The molecule has 3 heterocycles. The number of furan rings is 1. The summed E-state index contributed by atoms with van der Waals surface area (Å²) < 4.78 is 6.74. The number of rotatable bonds is 4. The minimum absolute atomic E-state index is 0.000161. The number of thioether (sulfide) groups is 1. The van der Waals surface area contributed by atoms with E-state index in [9.17, 15) is 14.9 Å². The Bertz CT molecular complexity index is 947. The molecule has 0 fully saturated rings. The number of nitro groups is 1. The van der Waals surface area contributed by atoms with E-state index in [1.807, 2.05) is 0 Å². The second-order valence-electron chi connectivity index (χ2n) is 5.38. The SMILES string of the molecule is O=C(Nc1c2c(nn1-c1ccc([N+](=O)[O-])cc1)CSC2)c1ccco1. The normalized spacial score (nSPS) is 12.8. The van der Waals surface area contributed by atoms with Crippen molar-refractivity contribution in [1.82, 2.24) is 9.78 Å². The molecular formula is C16H12N4O4S.